The predicted molar refractivity (Wildman–Crippen MR) is 144 cm³/mol. The highest BCUT2D eigenvalue weighted by Gasteiger charge is 2.35. The maximum absolute atomic E-state index is 6.65. The second-order valence-electron chi connectivity index (χ2n) is 10.1. The van der Waals surface area contributed by atoms with Gasteiger partial charge in [0, 0.05) is 45.3 Å². The number of anilines is 1. The molecule has 3 atom stereocenters. The average Bonchev–Trinajstić information content (AvgIpc) is 2.91. The van der Waals surface area contributed by atoms with Gasteiger partial charge in [0.2, 0.25) is 0 Å². The highest BCUT2D eigenvalue weighted by Crippen LogP contribution is 2.35. The lowest BCUT2D eigenvalue weighted by Crippen LogP contribution is -2.50. The molecule has 1 saturated heterocycles. The molecule has 0 spiro atoms. The van der Waals surface area contributed by atoms with Gasteiger partial charge in [-0.3, -0.25) is 0 Å². The SMILES string of the molecule is COCCCN1CCOc2ccc(CO[C@H]3CNC[C@@H](CNC(C)C)[C@@H]3c3ccc(OC)cc3)cc21. The molecule has 2 heterocycles. The molecule has 2 N–H and O–H groups in total. The highest BCUT2D eigenvalue weighted by atomic mass is 16.5. The summed E-state index contributed by atoms with van der Waals surface area (Å²) in [6.07, 6.45) is 1.08. The summed E-state index contributed by atoms with van der Waals surface area (Å²) < 4.78 is 23.2. The lowest BCUT2D eigenvalue weighted by molar-refractivity contribution is -0.00613. The van der Waals surface area contributed by atoms with E-state index in [4.69, 9.17) is 18.9 Å². The van der Waals surface area contributed by atoms with Crippen LogP contribution in [0.1, 0.15) is 37.3 Å². The summed E-state index contributed by atoms with van der Waals surface area (Å²) in [6, 6.07) is 15.4. The van der Waals surface area contributed by atoms with Gasteiger partial charge in [0.15, 0.2) is 0 Å². The van der Waals surface area contributed by atoms with Gasteiger partial charge >= 0.3 is 0 Å². The number of nitrogens with one attached hydrogen (secondary N) is 2. The normalized spacial score (nSPS) is 21.8. The Hall–Kier alpha value is -2.32. The lowest BCUT2D eigenvalue weighted by atomic mass is 9.79. The van der Waals surface area contributed by atoms with Crippen LogP contribution in [-0.2, 0) is 16.1 Å². The van der Waals surface area contributed by atoms with Crippen molar-refractivity contribution in [3.05, 3.63) is 53.6 Å². The number of hydrogen-bond acceptors (Lipinski definition) is 7. The largest absolute Gasteiger partial charge is 0.497 e. The first-order valence-electron chi connectivity index (χ1n) is 13.3. The molecule has 2 aliphatic heterocycles. The van der Waals surface area contributed by atoms with Gasteiger partial charge in [0.25, 0.3) is 0 Å². The predicted octanol–water partition coefficient (Wildman–Crippen LogP) is 3.82. The Bertz CT molecular complexity index is 937. The van der Waals surface area contributed by atoms with Crippen LogP contribution in [-0.4, -0.2) is 72.3 Å². The van der Waals surface area contributed by atoms with Crippen molar-refractivity contribution in [2.75, 3.05) is 65.1 Å². The van der Waals surface area contributed by atoms with Gasteiger partial charge in [0.05, 0.1) is 32.1 Å². The van der Waals surface area contributed by atoms with E-state index >= 15 is 0 Å². The first-order chi connectivity index (χ1) is 17.6. The number of nitrogens with zero attached hydrogens (tertiary/aromatic N) is 1. The number of ether oxygens (including phenoxy) is 4. The molecule has 0 saturated carbocycles. The standard InChI is InChI=1S/C29H43N3O4/c1-21(2)31-18-24-17-30-19-28(29(24)23-7-9-25(34-4)10-8-23)36-20-22-6-11-27-26(16-22)32(13-15-35-27)12-5-14-33-3/h6-11,16,21,24,28-31H,5,12-15,17-20H2,1-4H3/t24-,28-,29-/m0/s1. The third-order valence-corrected chi connectivity index (χ3v) is 7.17. The lowest BCUT2D eigenvalue weighted by Gasteiger charge is -2.39. The van der Waals surface area contributed by atoms with E-state index in [2.05, 4.69) is 71.8 Å². The van der Waals surface area contributed by atoms with Gasteiger partial charge in [0.1, 0.15) is 18.1 Å². The van der Waals surface area contributed by atoms with Crippen molar-refractivity contribution >= 4 is 5.69 Å². The minimum atomic E-state index is 0.0798. The minimum Gasteiger partial charge on any atom is -0.497 e. The molecule has 7 heteroatoms. The zero-order chi connectivity index (χ0) is 25.3. The van der Waals surface area contributed by atoms with E-state index in [1.807, 2.05) is 0 Å². The molecule has 0 bridgehead atoms. The van der Waals surface area contributed by atoms with E-state index in [1.54, 1.807) is 14.2 Å². The monoisotopic (exact) mass is 497 g/mol. The van der Waals surface area contributed by atoms with E-state index in [1.165, 1.54) is 11.1 Å². The van der Waals surface area contributed by atoms with Crippen molar-refractivity contribution in [3.63, 3.8) is 0 Å². The van der Waals surface area contributed by atoms with E-state index < -0.39 is 0 Å². The van der Waals surface area contributed by atoms with Crippen molar-refractivity contribution in [2.45, 2.75) is 44.9 Å². The number of benzene rings is 2. The van der Waals surface area contributed by atoms with E-state index in [9.17, 15) is 0 Å². The van der Waals surface area contributed by atoms with Gasteiger partial charge in [-0.1, -0.05) is 32.0 Å². The molecule has 1 fully saturated rings. The summed E-state index contributed by atoms with van der Waals surface area (Å²) in [6.45, 7) is 11.1. The van der Waals surface area contributed by atoms with Gasteiger partial charge in [-0.05, 0) is 54.3 Å². The van der Waals surface area contributed by atoms with Crippen LogP contribution in [0.4, 0.5) is 5.69 Å². The van der Waals surface area contributed by atoms with Crippen molar-refractivity contribution in [1.29, 1.82) is 0 Å². The molecule has 198 valence electrons. The molecule has 4 rings (SSSR count). The summed E-state index contributed by atoms with van der Waals surface area (Å²) in [5.74, 6) is 2.58. The molecule has 7 nitrogen and oxygen atoms in total. The third kappa shape index (κ3) is 6.91. The average molecular weight is 498 g/mol. The fourth-order valence-corrected chi connectivity index (χ4v) is 5.27. The Morgan fingerprint density at radius 3 is 2.69 bits per heavy atom. The summed E-state index contributed by atoms with van der Waals surface area (Å²) in [7, 11) is 3.47. The molecular formula is C29H43N3O4. The Labute approximate surface area is 216 Å². The number of piperidine rings is 1. The van der Waals surface area contributed by atoms with Crippen LogP contribution >= 0.6 is 0 Å². The van der Waals surface area contributed by atoms with Gasteiger partial charge in [-0.2, -0.15) is 0 Å². The fourth-order valence-electron chi connectivity index (χ4n) is 5.27. The maximum Gasteiger partial charge on any atom is 0.142 e. The van der Waals surface area contributed by atoms with Crippen LogP contribution in [0.25, 0.3) is 0 Å². The summed E-state index contributed by atoms with van der Waals surface area (Å²) in [4.78, 5) is 2.40. The molecule has 0 aromatic heterocycles. The second kappa shape index (κ2) is 13.3. The molecule has 2 aromatic rings. The zero-order valence-corrected chi connectivity index (χ0v) is 22.3. The third-order valence-electron chi connectivity index (χ3n) is 7.17. The van der Waals surface area contributed by atoms with Gasteiger partial charge in [-0.25, -0.2) is 0 Å². The molecule has 0 amide bonds. The van der Waals surface area contributed by atoms with Crippen molar-refractivity contribution in [2.24, 2.45) is 5.92 Å². The topological polar surface area (TPSA) is 64.2 Å². The number of methoxy groups -OCH3 is 2. The van der Waals surface area contributed by atoms with Crippen LogP contribution in [0.3, 0.4) is 0 Å². The van der Waals surface area contributed by atoms with E-state index in [0.29, 0.717) is 24.5 Å². The molecule has 0 radical (unpaired) electrons. The molecular weight excluding hydrogens is 454 g/mol. The van der Waals surface area contributed by atoms with Crippen molar-refractivity contribution in [1.82, 2.24) is 10.6 Å². The Kier molecular flexibility index (Phi) is 9.87. The first kappa shape index (κ1) is 26.7. The highest BCUT2D eigenvalue weighted by molar-refractivity contribution is 5.61. The first-order valence-corrected chi connectivity index (χ1v) is 13.3. The molecule has 2 aliphatic rings. The number of rotatable bonds is 12. The fraction of sp³-hybridized carbons (Fsp3) is 0.586. The smallest absolute Gasteiger partial charge is 0.142 e. The molecule has 0 aliphatic carbocycles. The zero-order valence-electron chi connectivity index (χ0n) is 22.3. The second-order valence-corrected chi connectivity index (χ2v) is 10.1. The van der Waals surface area contributed by atoms with E-state index in [0.717, 1.165) is 69.5 Å². The number of fused-ring (bicyclic) bond motifs is 1. The quantitative estimate of drug-likeness (QED) is 0.432. The molecule has 36 heavy (non-hydrogen) atoms. The molecule has 0 unspecified atom stereocenters. The van der Waals surface area contributed by atoms with Crippen LogP contribution in [0, 0.1) is 5.92 Å². The van der Waals surface area contributed by atoms with Crippen molar-refractivity contribution in [3.8, 4) is 11.5 Å². The molecule has 2 aromatic carbocycles. The van der Waals surface area contributed by atoms with E-state index in [-0.39, 0.29) is 6.10 Å². The summed E-state index contributed by atoms with van der Waals surface area (Å²) in [5.41, 5.74) is 3.64. The van der Waals surface area contributed by atoms with Crippen LogP contribution in [0.5, 0.6) is 11.5 Å². The van der Waals surface area contributed by atoms with Gasteiger partial charge < -0.3 is 34.5 Å². The minimum absolute atomic E-state index is 0.0798. The van der Waals surface area contributed by atoms with Gasteiger partial charge in [-0.15, -0.1) is 0 Å². The van der Waals surface area contributed by atoms with Crippen LogP contribution in [0.2, 0.25) is 0 Å². The summed E-state index contributed by atoms with van der Waals surface area (Å²) >= 11 is 0. The Morgan fingerprint density at radius 1 is 1.11 bits per heavy atom. The van der Waals surface area contributed by atoms with Crippen LogP contribution < -0.4 is 25.0 Å². The van der Waals surface area contributed by atoms with Crippen LogP contribution in [0.15, 0.2) is 42.5 Å². The number of hydrogen-bond donors (Lipinski definition) is 2. The summed E-state index contributed by atoms with van der Waals surface area (Å²) in [5, 5.41) is 7.27. The maximum atomic E-state index is 6.65. The Balaban J connectivity index is 1.48. The van der Waals surface area contributed by atoms with Crippen molar-refractivity contribution < 1.29 is 18.9 Å². The Morgan fingerprint density at radius 2 is 1.94 bits per heavy atom.